The predicted molar refractivity (Wildman–Crippen MR) is 122 cm³/mol. The van der Waals surface area contributed by atoms with Crippen LogP contribution in [0, 0.1) is 6.92 Å². The molecule has 0 radical (unpaired) electrons. The van der Waals surface area contributed by atoms with E-state index in [4.69, 9.17) is 0 Å². The van der Waals surface area contributed by atoms with Crippen LogP contribution in [-0.4, -0.2) is 49.1 Å². The van der Waals surface area contributed by atoms with Crippen molar-refractivity contribution in [3.05, 3.63) is 45.9 Å². The van der Waals surface area contributed by atoms with Crippen LogP contribution in [0.2, 0.25) is 0 Å². The van der Waals surface area contributed by atoms with Crippen LogP contribution in [0.3, 0.4) is 0 Å². The molecule has 3 rings (SSSR count). The number of hydrogen-bond donors (Lipinski definition) is 1. The lowest BCUT2D eigenvalue weighted by Gasteiger charge is -2.29. The van der Waals surface area contributed by atoms with Gasteiger partial charge in [0, 0.05) is 44.3 Å². The molecule has 26 heavy (non-hydrogen) atoms. The van der Waals surface area contributed by atoms with Crippen molar-refractivity contribution < 1.29 is 0 Å². The Morgan fingerprint density at radius 1 is 1.42 bits per heavy atom. The zero-order chi connectivity index (χ0) is 17.8. The van der Waals surface area contributed by atoms with Crippen LogP contribution in [0.5, 0.6) is 0 Å². The molecule has 0 fully saturated rings. The van der Waals surface area contributed by atoms with E-state index in [0.29, 0.717) is 6.04 Å². The highest BCUT2D eigenvalue weighted by Crippen LogP contribution is 2.28. The molecule has 0 saturated carbocycles. The number of fused-ring (bicyclic) bond motifs is 1. The van der Waals surface area contributed by atoms with Gasteiger partial charge in [0.2, 0.25) is 0 Å². The van der Waals surface area contributed by atoms with Gasteiger partial charge in [-0.15, -0.1) is 35.3 Å². The number of benzene rings is 1. The van der Waals surface area contributed by atoms with Gasteiger partial charge in [-0.1, -0.05) is 18.2 Å². The minimum atomic E-state index is 0. The van der Waals surface area contributed by atoms with Gasteiger partial charge >= 0.3 is 0 Å². The fourth-order valence-electron chi connectivity index (χ4n) is 3.35. The van der Waals surface area contributed by atoms with Crippen LogP contribution in [0.15, 0.2) is 34.6 Å². The van der Waals surface area contributed by atoms with Gasteiger partial charge in [-0.25, -0.2) is 4.98 Å². The van der Waals surface area contributed by atoms with Crippen LogP contribution in [0.25, 0.3) is 0 Å². The maximum Gasteiger partial charge on any atom is 0.193 e. The normalized spacial score (nSPS) is 14.6. The smallest absolute Gasteiger partial charge is 0.193 e. The van der Waals surface area contributed by atoms with Crippen LogP contribution in [0.1, 0.15) is 23.2 Å². The molecule has 1 N–H and O–H groups in total. The zero-order valence-electron chi connectivity index (χ0n) is 15.9. The van der Waals surface area contributed by atoms with Crippen LogP contribution in [0.4, 0.5) is 5.69 Å². The molecule has 0 amide bonds. The first kappa shape index (κ1) is 21.0. The first-order valence-electron chi connectivity index (χ1n) is 8.76. The van der Waals surface area contributed by atoms with E-state index in [1.165, 1.54) is 11.3 Å². The van der Waals surface area contributed by atoms with Crippen molar-refractivity contribution in [3.8, 4) is 0 Å². The van der Waals surface area contributed by atoms with Crippen molar-refractivity contribution in [1.29, 1.82) is 0 Å². The minimum Gasteiger partial charge on any atom is -0.366 e. The largest absolute Gasteiger partial charge is 0.366 e. The molecule has 7 heteroatoms. The van der Waals surface area contributed by atoms with Gasteiger partial charge in [0.15, 0.2) is 5.96 Å². The maximum absolute atomic E-state index is 4.54. The van der Waals surface area contributed by atoms with Gasteiger partial charge in [-0.05, 0) is 31.9 Å². The van der Waals surface area contributed by atoms with E-state index in [2.05, 4.69) is 68.7 Å². The summed E-state index contributed by atoms with van der Waals surface area (Å²) in [6, 6.07) is 9.13. The van der Waals surface area contributed by atoms with E-state index in [-0.39, 0.29) is 24.0 Å². The third-order valence-electron chi connectivity index (χ3n) is 4.65. The van der Waals surface area contributed by atoms with Gasteiger partial charge in [0.05, 0.1) is 17.2 Å². The summed E-state index contributed by atoms with van der Waals surface area (Å²) in [7, 11) is 3.89. The lowest BCUT2D eigenvalue weighted by Crippen LogP contribution is -2.46. The standard InChI is InChI=1S/C19H27N5S.HI/c1-14(24-10-9-16-7-5-6-8-18(16)24)11-21-19(20-3)23(4)12-17-13-25-15(2)22-17;/h5-8,13-14H,9-12H2,1-4H3,(H,20,21);1H. The van der Waals surface area contributed by atoms with Crippen LogP contribution >= 0.6 is 35.3 Å². The van der Waals surface area contributed by atoms with E-state index in [1.54, 1.807) is 11.3 Å². The fraction of sp³-hybridized carbons (Fsp3) is 0.474. The van der Waals surface area contributed by atoms with Gasteiger partial charge in [-0.3, -0.25) is 4.99 Å². The van der Waals surface area contributed by atoms with Crippen molar-refractivity contribution >= 4 is 47.0 Å². The highest BCUT2D eigenvalue weighted by atomic mass is 127. The number of anilines is 1. The molecule has 0 aliphatic carbocycles. The minimum absolute atomic E-state index is 0. The molecule has 1 aromatic heterocycles. The van der Waals surface area contributed by atoms with E-state index in [9.17, 15) is 0 Å². The molecule has 2 aromatic rings. The average molecular weight is 485 g/mol. The third kappa shape index (κ3) is 4.88. The van der Waals surface area contributed by atoms with Crippen molar-refractivity contribution in [3.63, 3.8) is 0 Å². The summed E-state index contributed by atoms with van der Waals surface area (Å²) in [6.07, 6.45) is 1.14. The molecule has 2 heterocycles. The number of aromatic nitrogens is 1. The molecular formula is C19H28IN5S. The Bertz CT molecular complexity index is 745. The Hall–Kier alpha value is -1.35. The van der Waals surface area contributed by atoms with Crippen molar-refractivity contribution in [2.45, 2.75) is 32.9 Å². The number of nitrogens with zero attached hydrogens (tertiary/aromatic N) is 4. The number of hydrogen-bond acceptors (Lipinski definition) is 4. The predicted octanol–water partition coefficient (Wildman–Crippen LogP) is 3.53. The number of thiazole rings is 1. The van der Waals surface area contributed by atoms with Crippen molar-refractivity contribution in [2.75, 3.05) is 32.1 Å². The monoisotopic (exact) mass is 485 g/mol. The summed E-state index contributed by atoms with van der Waals surface area (Å²) >= 11 is 1.69. The quantitative estimate of drug-likeness (QED) is 0.400. The molecule has 1 unspecified atom stereocenters. The summed E-state index contributed by atoms with van der Waals surface area (Å²) in [5, 5.41) is 6.73. The van der Waals surface area contributed by atoms with Crippen LogP contribution in [-0.2, 0) is 13.0 Å². The SMILES string of the molecule is CN=C(NCC(C)N1CCc2ccccc21)N(C)Cc1csc(C)n1.I. The van der Waals surface area contributed by atoms with E-state index < -0.39 is 0 Å². The molecule has 0 bridgehead atoms. The topological polar surface area (TPSA) is 43.8 Å². The maximum atomic E-state index is 4.54. The van der Waals surface area contributed by atoms with Gasteiger partial charge < -0.3 is 15.1 Å². The first-order chi connectivity index (χ1) is 12.1. The molecule has 142 valence electrons. The molecule has 1 aliphatic heterocycles. The van der Waals surface area contributed by atoms with E-state index in [1.807, 2.05) is 14.0 Å². The lowest BCUT2D eigenvalue weighted by atomic mass is 10.2. The highest BCUT2D eigenvalue weighted by molar-refractivity contribution is 14.0. The Kier molecular flexibility index (Phi) is 7.69. The lowest BCUT2D eigenvalue weighted by molar-refractivity contribution is 0.465. The number of rotatable bonds is 5. The fourth-order valence-corrected chi connectivity index (χ4v) is 3.96. The van der Waals surface area contributed by atoms with Crippen molar-refractivity contribution in [1.82, 2.24) is 15.2 Å². The first-order valence-corrected chi connectivity index (χ1v) is 9.63. The summed E-state index contributed by atoms with van der Waals surface area (Å²) in [5.41, 5.74) is 3.92. The summed E-state index contributed by atoms with van der Waals surface area (Å²) in [6.45, 7) is 7.03. The summed E-state index contributed by atoms with van der Waals surface area (Å²) in [4.78, 5) is 13.6. The summed E-state index contributed by atoms with van der Waals surface area (Å²) < 4.78 is 0. The molecular weight excluding hydrogens is 457 g/mol. The van der Waals surface area contributed by atoms with Gasteiger partial charge in [0.1, 0.15) is 0 Å². The van der Waals surface area contributed by atoms with Gasteiger partial charge in [-0.2, -0.15) is 0 Å². The second-order valence-corrected chi connectivity index (χ2v) is 7.63. The van der Waals surface area contributed by atoms with Gasteiger partial charge in [0.25, 0.3) is 0 Å². The molecule has 0 saturated heterocycles. The van der Waals surface area contributed by atoms with Crippen LogP contribution < -0.4 is 10.2 Å². The second kappa shape index (κ2) is 9.55. The number of guanidine groups is 1. The molecule has 1 atom stereocenters. The van der Waals surface area contributed by atoms with Crippen molar-refractivity contribution in [2.24, 2.45) is 4.99 Å². The highest BCUT2D eigenvalue weighted by Gasteiger charge is 2.23. The molecule has 0 spiro atoms. The number of nitrogens with one attached hydrogen (secondary N) is 1. The molecule has 5 nitrogen and oxygen atoms in total. The third-order valence-corrected chi connectivity index (χ3v) is 5.47. The number of aryl methyl sites for hydroxylation is 1. The number of aliphatic imine (C=N–C) groups is 1. The molecule has 1 aliphatic rings. The number of halogens is 1. The zero-order valence-corrected chi connectivity index (χ0v) is 19.0. The van der Waals surface area contributed by atoms with E-state index in [0.717, 1.165) is 42.7 Å². The average Bonchev–Trinajstić information content (AvgIpc) is 3.21. The second-order valence-electron chi connectivity index (χ2n) is 6.56. The Balaban J connectivity index is 0.00000243. The Morgan fingerprint density at radius 3 is 2.88 bits per heavy atom. The Morgan fingerprint density at radius 2 is 2.19 bits per heavy atom. The Labute approximate surface area is 177 Å². The van der Waals surface area contributed by atoms with E-state index >= 15 is 0 Å². The molecule has 1 aromatic carbocycles. The summed E-state index contributed by atoms with van der Waals surface area (Å²) in [5.74, 6) is 0.907. The number of para-hydroxylation sites is 1.